The fourth-order valence-electron chi connectivity index (χ4n) is 3.33. The van der Waals surface area contributed by atoms with Crippen molar-refractivity contribution in [1.82, 2.24) is 10.3 Å². The Kier molecular flexibility index (Phi) is 5.34. The van der Waals surface area contributed by atoms with E-state index in [9.17, 15) is 0 Å². The lowest BCUT2D eigenvalue weighted by molar-refractivity contribution is 0.0537. The molecule has 3 atom stereocenters. The molecule has 0 bridgehead atoms. The van der Waals surface area contributed by atoms with E-state index in [-0.39, 0.29) is 6.10 Å². The lowest BCUT2D eigenvalue weighted by Crippen LogP contribution is -2.46. The van der Waals surface area contributed by atoms with Crippen molar-refractivity contribution in [1.29, 1.82) is 0 Å². The van der Waals surface area contributed by atoms with Crippen LogP contribution in [0.2, 0.25) is 0 Å². The van der Waals surface area contributed by atoms with E-state index in [1.165, 1.54) is 30.5 Å². The number of rotatable bonds is 6. The summed E-state index contributed by atoms with van der Waals surface area (Å²) in [7, 11) is 1.82. The molecule has 2 rings (SSSR count). The minimum Gasteiger partial charge on any atom is -0.380 e. The molecule has 0 amide bonds. The van der Waals surface area contributed by atoms with Gasteiger partial charge in [0.25, 0.3) is 0 Å². The van der Waals surface area contributed by atoms with Gasteiger partial charge >= 0.3 is 0 Å². The van der Waals surface area contributed by atoms with Gasteiger partial charge in [-0.3, -0.25) is 4.98 Å². The van der Waals surface area contributed by atoms with Gasteiger partial charge in [0, 0.05) is 31.0 Å². The number of methoxy groups -OCH3 is 1. The number of likely N-dealkylation sites (N-methyl/N-ethyl adjacent to an activating group) is 1. The highest BCUT2D eigenvalue weighted by atomic mass is 16.5. The second kappa shape index (κ2) is 7.01. The van der Waals surface area contributed by atoms with Crippen LogP contribution in [-0.4, -0.2) is 30.8 Å². The van der Waals surface area contributed by atoms with E-state index in [0.29, 0.717) is 12.0 Å². The first kappa shape index (κ1) is 14.5. The second-order valence-corrected chi connectivity index (χ2v) is 5.31. The molecule has 0 fully saturated rings. The van der Waals surface area contributed by atoms with Gasteiger partial charge in [-0.1, -0.05) is 19.9 Å². The van der Waals surface area contributed by atoms with Crippen LogP contribution in [0.15, 0.2) is 18.3 Å². The van der Waals surface area contributed by atoms with E-state index in [1.54, 1.807) is 0 Å². The van der Waals surface area contributed by atoms with E-state index in [4.69, 9.17) is 4.74 Å². The molecule has 1 aliphatic rings. The third-order valence-electron chi connectivity index (χ3n) is 4.22. The molecule has 106 valence electrons. The minimum atomic E-state index is 0.262. The van der Waals surface area contributed by atoms with Crippen molar-refractivity contribution in [3.63, 3.8) is 0 Å². The number of hydrogen-bond acceptors (Lipinski definition) is 3. The number of hydrogen-bond donors (Lipinski definition) is 1. The van der Waals surface area contributed by atoms with Gasteiger partial charge in [0.1, 0.15) is 0 Å². The highest BCUT2D eigenvalue weighted by Gasteiger charge is 2.33. The summed E-state index contributed by atoms with van der Waals surface area (Å²) < 4.78 is 5.69. The first-order valence-electron chi connectivity index (χ1n) is 7.51. The predicted octanol–water partition coefficient (Wildman–Crippen LogP) is 2.90. The molecule has 19 heavy (non-hydrogen) atoms. The summed E-state index contributed by atoms with van der Waals surface area (Å²) in [6.07, 6.45) is 6.86. The van der Waals surface area contributed by atoms with E-state index >= 15 is 0 Å². The van der Waals surface area contributed by atoms with Crippen molar-refractivity contribution >= 4 is 0 Å². The van der Waals surface area contributed by atoms with Gasteiger partial charge in [0.05, 0.1) is 6.10 Å². The molecule has 3 heteroatoms. The summed E-state index contributed by atoms with van der Waals surface area (Å²) >= 11 is 0. The van der Waals surface area contributed by atoms with Crippen LogP contribution in [0.25, 0.3) is 0 Å². The average Bonchev–Trinajstić information content (AvgIpc) is 2.47. The third-order valence-corrected chi connectivity index (χ3v) is 4.22. The maximum Gasteiger partial charge on any atom is 0.0728 e. The molecular weight excluding hydrogens is 236 g/mol. The fourth-order valence-corrected chi connectivity index (χ4v) is 3.33. The summed E-state index contributed by atoms with van der Waals surface area (Å²) in [6, 6.07) is 4.65. The summed E-state index contributed by atoms with van der Waals surface area (Å²) in [5.74, 6) is 0.481. The van der Waals surface area contributed by atoms with E-state index in [2.05, 4.69) is 36.3 Å². The van der Waals surface area contributed by atoms with E-state index < -0.39 is 0 Å². The molecular formula is C16H26N2O. The number of nitrogens with one attached hydrogen (secondary N) is 1. The topological polar surface area (TPSA) is 34.1 Å². The van der Waals surface area contributed by atoms with Crippen LogP contribution in [-0.2, 0) is 11.2 Å². The average molecular weight is 262 g/mol. The Balaban J connectivity index is 2.27. The molecule has 1 heterocycles. The lowest BCUT2D eigenvalue weighted by Gasteiger charge is -2.36. The largest absolute Gasteiger partial charge is 0.380 e. The maximum absolute atomic E-state index is 5.69. The van der Waals surface area contributed by atoms with E-state index in [0.717, 1.165) is 13.0 Å². The number of ether oxygens (including phenoxy) is 1. The molecule has 0 saturated heterocycles. The Morgan fingerprint density at radius 1 is 1.47 bits per heavy atom. The van der Waals surface area contributed by atoms with Gasteiger partial charge in [-0.05, 0) is 43.9 Å². The van der Waals surface area contributed by atoms with Gasteiger partial charge in [-0.2, -0.15) is 0 Å². The molecule has 1 N–H and O–H groups in total. The molecule has 0 radical (unpaired) electrons. The van der Waals surface area contributed by atoms with Crippen LogP contribution >= 0.6 is 0 Å². The lowest BCUT2D eigenvalue weighted by atomic mass is 9.79. The van der Waals surface area contributed by atoms with Crippen LogP contribution in [0, 0.1) is 0 Å². The molecule has 3 nitrogen and oxygen atoms in total. The monoisotopic (exact) mass is 262 g/mol. The van der Waals surface area contributed by atoms with Crippen LogP contribution in [0.4, 0.5) is 0 Å². The third kappa shape index (κ3) is 3.15. The SMILES string of the molecule is CCNC(C(CC)OC)C1CCCc2cccnc21. The quantitative estimate of drug-likeness (QED) is 0.856. The summed E-state index contributed by atoms with van der Waals surface area (Å²) in [4.78, 5) is 4.66. The van der Waals surface area contributed by atoms with Crippen molar-refractivity contribution in [2.45, 2.75) is 57.6 Å². The van der Waals surface area contributed by atoms with Gasteiger partial charge in [0.15, 0.2) is 0 Å². The number of pyridine rings is 1. The second-order valence-electron chi connectivity index (χ2n) is 5.31. The Hall–Kier alpha value is -0.930. The zero-order valence-electron chi connectivity index (χ0n) is 12.4. The molecule has 0 aliphatic heterocycles. The molecule has 3 unspecified atom stereocenters. The van der Waals surface area contributed by atoms with Crippen molar-refractivity contribution in [2.24, 2.45) is 0 Å². The molecule has 0 aromatic carbocycles. The highest BCUT2D eigenvalue weighted by Crippen LogP contribution is 2.34. The van der Waals surface area contributed by atoms with Gasteiger partial charge in [-0.25, -0.2) is 0 Å². The zero-order chi connectivity index (χ0) is 13.7. The smallest absolute Gasteiger partial charge is 0.0728 e. The standard InChI is InChI=1S/C16H26N2O/c1-4-14(19-3)16(17-5-2)13-10-6-8-12-9-7-11-18-15(12)13/h7,9,11,13-14,16-17H,4-6,8,10H2,1-3H3. The predicted molar refractivity (Wildman–Crippen MR) is 78.5 cm³/mol. The Labute approximate surface area is 116 Å². The summed E-state index contributed by atoms with van der Waals surface area (Å²) in [5, 5.41) is 3.63. The molecule has 1 aromatic rings. The summed E-state index contributed by atoms with van der Waals surface area (Å²) in [6.45, 7) is 5.33. The van der Waals surface area contributed by atoms with Crippen molar-refractivity contribution in [2.75, 3.05) is 13.7 Å². The van der Waals surface area contributed by atoms with Gasteiger partial charge < -0.3 is 10.1 Å². The normalized spacial score (nSPS) is 21.7. The van der Waals surface area contributed by atoms with Crippen molar-refractivity contribution in [3.05, 3.63) is 29.6 Å². The van der Waals surface area contributed by atoms with Crippen LogP contribution in [0.1, 0.15) is 50.3 Å². The number of aryl methyl sites for hydroxylation is 1. The Morgan fingerprint density at radius 3 is 3.00 bits per heavy atom. The van der Waals surface area contributed by atoms with Crippen molar-refractivity contribution in [3.8, 4) is 0 Å². The molecule has 1 aliphatic carbocycles. The zero-order valence-corrected chi connectivity index (χ0v) is 12.4. The molecule has 0 saturated carbocycles. The van der Waals surface area contributed by atoms with Crippen LogP contribution in [0.5, 0.6) is 0 Å². The maximum atomic E-state index is 5.69. The molecule has 1 aromatic heterocycles. The Morgan fingerprint density at radius 2 is 2.32 bits per heavy atom. The Bertz CT molecular complexity index is 390. The van der Waals surface area contributed by atoms with Crippen LogP contribution in [0.3, 0.4) is 0 Å². The summed E-state index contributed by atoms with van der Waals surface area (Å²) in [5.41, 5.74) is 2.71. The highest BCUT2D eigenvalue weighted by molar-refractivity contribution is 5.27. The number of aromatic nitrogens is 1. The minimum absolute atomic E-state index is 0.262. The van der Waals surface area contributed by atoms with Crippen molar-refractivity contribution < 1.29 is 4.74 Å². The molecule has 0 spiro atoms. The van der Waals surface area contributed by atoms with Gasteiger partial charge in [-0.15, -0.1) is 0 Å². The number of nitrogens with zero attached hydrogens (tertiary/aromatic N) is 1. The first-order valence-corrected chi connectivity index (χ1v) is 7.51. The number of fused-ring (bicyclic) bond motifs is 1. The fraction of sp³-hybridized carbons (Fsp3) is 0.688. The van der Waals surface area contributed by atoms with E-state index in [1.807, 2.05) is 13.3 Å². The first-order chi connectivity index (χ1) is 9.31. The van der Waals surface area contributed by atoms with Crippen LogP contribution < -0.4 is 5.32 Å². The van der Waals surface area contributed by atoms with Gasteiger partial charge in [0.2, 0.25) is 0 Å².